The van der Waals surface area contributed by atoms with E-state index in [1.165, 1.54) is 15.6 Å². The molecule has 6 nitrogen and oxygen atoms in total. The first-order valence-corrected chi connectivity index (χ1v) is 14.4. The van der Waals surface area contributed by atoms with Crippen LogP contribution < -0.4 is 5.73 Å². The normalized spacial score (nSPS) is 18.8. The van der Waals surface area contributed by atoms with E-state index in [0.717, 1.165) is 61.9 Å². The molecule has 2 aliphatic rings. The van der Waals surface area contributed by atoms with E-state index in [1.807, 2.05) is 24.4 Å². The van der Waals surface area contributed by atoms with E-state index < -0.39 is 10.0 Å². The number of hydrogen-bond donors (Lipinski definition) is 1. The van der Waals surface area contributed by atoms with Crippen LogP contribution in [0.1, 0.15) is 55.0 Å². The van der Waals surface area contributed by atoms with Crippen LogP contribution in [0.25, 0.3) is 0 Å². The molecule has 4 rings (SSSR count). The second-order valence-electron chi connectivity index (χ2n) is 9.61. The number of nitrogens with two attached hydrogens (primary N) is 1. The van der Waals surface area contributed by atoms with Gasteiger partial charge in [-0.1, -0.05) is 43.5 Å². The van der Waals surface area contributed by atoms with E-state index in [4.69, 9.17) is 10.7 Å². The predicted molar refractivity (Wildman–Crippen MR) is 146 cm³/mol. The number of pyridine rings is 1. The van der Waals surface area contributed by atoms with Gasteiger partial charge in [0.05, 0.1) is 16.6 Å². The molecule has 2 heterocycles. The maximum Gasteiger partial charge on any atom is 0.243 e. The van der Waals surface area contributed by atoms with Gasteiger partial charge in [0.1, 0.15) is 0 Å². The summed E-state index contributed by atoms with van der Waals surface area (Å²) in [5, 5.41) is 0. The quantitative estimate of drug-likeness (QED) is 0.445. The number of rotatable bonds is 11. The molecule has 1 aliphatic heterocycles. The van der Waals surface area contributed by atoms with Crippen LogP contribution in [0.4, 0.5) is 0 Å². The monoisotopic (exact) mass is 506 g/mol. The number of aromatic nitrogens is 1. The molecule has 36 heavy (non-hydrogen) atoms. The van der Waals surface area contributed by atoms with Gasteiger partial charge in [0.25, 0.3) is 0 Å². The highest BCUT2D eigenvalue weighted by molar-refractivity contribution is 7.89. The fourth-order valence-electron chi connectivity index (χ4n) is 5.31. The van der Waals surface area contributed by atoms with Crippen LogP contribution in [0.5, 0.6) is 0 Å². The van der Waals surface area contributed by atoms with Crippen molar-refractivity contribution in [3.05, 3.63) is 95.9 Å². The molecule has 0 spiro atoms. The summed E-state index contributed by atoms with van der Waals surface area (Å²) >= 11 is 0. The van der Waals surface area contributed by atoms with Crippen LogP contribution >= 0.6 is 0 Å². The van der Waals surface area contributed by atoms with E-state index in [-0.39, 0.29) is 6.04 Å². The summed E-state index contributed by atoms with van der Waals surface area (Å²) in [5.74, 6) is 0. The molecule has 0 saturated heterocycles. The zero-order chi connectivity index (χ0) is 25.5. The van der Waals surface area contributed by atoms with Crippen molar-refractivity contribution in [1.82, 2.24) is 14.2 Å². The van der Waals surface area contributed by atoms with Crippen molar-refractivity contribution in [1.29, 1.82) is 0 Å². The number of unbranched alkanes of at least 4 members (excludes halogenated alkanes) is 1. The number of fused-ring (bicyclic) bond motifs is 1. The fourth-order valence-corrected chi connectivity index (χ4v) is 6.72. The maximum atomic E-state index is 13.3. The van der Waals surface area contributed by atoms with Gasteiger partial charge in [-0.2, -0.15) is 4.31 Å². The highest BCUT2D eigenvalue weighted by Gasteiger charge is 2.29. The van der Waals surface area contributed by atoms with E-state index in [2.05, 4.69) is 24.1 Å². The molecule has 7 heteroatoms. The lowest BCUT2D eigenvalue weighted by Gasteiger charge is -2.35. The summed E-state index contributed by atoms with van der Waals surface area (Å²) < 4.78 is 28.2. The van der Waals surface area contributed by atoms with Crippen molar-refractivity contribution < 1.29 is 8.42 Å². The van der Waals surface area contributed by atoms with Crippen LogP contribution in [0.2, 0.25) is 0 Å². The molecule has 192 valence electrons. The maximum absolute atomic E-state index is 13.3. The Morgan fingerprint density at radius 2 is 1.86 bits per heavy atom. The molecule has 0 saturated carbocycles. The third kappa shape index (κ3) is 5.86. The molecule has 1 aromatic carbocycles. The molecule has 1 aromatic heterocycles. The number of sulfonamides is 1. The summed E-state index contributed by atoms with van der Waals surface area (Å²) in [6.45, 7) is 10.8. The molecule has 0 fully saturated rings. The summed E-state index contributed by atoms with van der Waals surface area (Å²) in [5.41, 5.74) is 11.4. The molecular weight excluding hydrogens is 468 g/mol. The minimum atomic E-state index is -3.58. The zero-order valence-electron chi connectivity index (χ0n) is 21.1. The van der Waals surface area contributed by atoms with Crippen molar-refractivity contribution in [3.63, 3.8) is 0 Å². The first-order valence-electron chi connectivity index (χ1n) is 12.9. The van der Waals surface area contributed by atoms with Crippen molar-refractivity contribution in [3.8, 4) is 0 Å². The van der Waals surface area contributed by atoms with Crippen molar-refractivity contribution in [2.45, 2.75) is 56.0 Å². The Bertz CT molecular complexity index is 1200. The van der Waals surface area contributed by atoms with Crippen LogP contribution in [0, 0.1) is 0 Å². The lowest BCUT2D eigenvalue weighted by molar-refractivity contribution is 0.163. The molecule has 0 radical (unpaired) electrons. The molecule has 1 unspecified atom stereocenters. The summed E-state index contributed by atoms with van der Waals surface area (Å²) in [6.07, 6.45) is 11.4. The van der Waals surface area contributed by atoms with Crippen LogP contribution in [-0.2, 0) is 23.0 Å². The summed E-state index contributed by atoms with van der Waals surface area (Å²) in [7, 11) is -3.58. The number of allylic oxidation sites excluding steroid dienone is 1. The van der Waals surface area contributed by atoms with Gasteiger partial charge in [-0.15, -0.1) is 0 Å². The minimum Gasteiger partial charge on any atom is -0.330 e. The van der Waals surface area contributed by atoms with Gasteiger partial charge in [0.15, 0.2) is 0 Å². The number of benzene rings is 1. The molecule has 0 amide bonds. The number of nitrogens with zero attached hydrogens (tertiary/aromatic N) is 3. The highest BCUT2D eigenvalue weighted by atomic mass is 32.2. The van der Waals surface area contributed by atoms with Crippen molar-refractivity contribution in [2.24, 2.45) is 5.73 Å². The Morgan fingerprint density at radius 3 is 2.58 bits per heavy atom. The van der Waals surface area contributed by atoms with Crippen LogP contribution in [0.3, 0.4) is 0 Å². The second kappa shape index (κ2) is 12.1. The van der Waals surface area contributed by atoms with Gasteiger partial charge < -0.3 is 5.73 Å². The molecule has 0 bridgehead atoms. The van der Waals surface area contributed by atoms with E-state index >= 15 is 0 Å². The van der Waals surface area contributed by atoms with Gasteiger partial charge >= 0.3 is 0 Å². The topological polar surface area (TPSA) is 79.5 Å². The molecule has 2 aromatic rings. The minimum absolute atomic E-state index is 0.271. The molecular formula is C29H38N4O2S. The SMILES string of the molecule is C=CC1=C(C=C)CN(S(=O)(=O)c2ccc(CN(CCCCN)C3CCCc4cccnc43)cc2)CC1. The van der Waals surface area contributed by atoms with Gasteiger partial charge in [0, 0.05) is 25.8 Å². The molecule has 1 atom stereocenters. The van der Waals surface area contributed by atoms with Crippen molar-refractivity contribution in [2.75, 3.05) is 26.2 Å². The fraction of sp³-hybridized carbons (Fsp3) is 0.414. The first kappa shape index (κ1) is 26.5. The van der Waals surface area contributed by atoms with Crippen LogP contribution in [-0.4, -0.2) is 48.8 Å². The van der Waals surface area contributed by atoms with Gasteiger partial charge in [-0.05, 0) is 92.1 Å². The van der Waals surface area contributed by atoms with Crippen molar-refractivity contribution >= 4 is 10.0 Å². The standard InChI is InChI=1S/C29H38N4O2S/c1-3-24-16-20-33(22-25(24)4-2)36(34,35)27-14-12-23(13-15-27)21-32(19-6-5-17-30)28-11-7-9-26-10-8-18-31-29(26)28/h3-4,8,10,12-15,18,28H,1-2,5-7,9,11,16-17,19-22,30H2. The van der Waals surface area contributed by atoms with Gasteiger partial charge in [-0.3, -0.25) is 9.88 Å². The largest absolute Gasteiger partial charge is 0.330 e. The Hall–Kier alpha value is -2.58. The number of aryl methyl sites for hydroxylation is 1. The lowest BCUT2D eigenvalue weighted by atomic mass is 9.90. The third-order valence-electron chi connectivity index (χ3n) is 7.33. The van der Waals surface area contributed by atoms with E-state index in [9.17, 15) is 8.42 Å². The Morgan fingerprint density at radius 1 is 1.08 bits per heavy atom. The highest BCUT2D eigenvalue weighted by Crippen LogP contribution is 2.34. The summed E-state index contributed by atoms with van der Waals surface area (Å²) in [4.78, 5) is 7.57. The number of hydrogen-bond acceptors (Lipinski definition) is 5. The average Bonchev–Trinajstić information content (AvgIpc) is 2.92. The Balaban J connectivity index is 1.52. The predicted octanol–water partition coefficient (Wildman–Crippen LogP) is 4.76. The smallest absolute Gasteiger partial charge is 0.243 e. The van der Waals surface area contributed by atoms with Crippen LogP contribution in [0.15, 0.2) is 83.9 Å². The molecule has 1 aliphatic carbocycles. The zero-order valence-corrected chi connectivity index (χ0v) is 21.9. The van der Waals surface area contributed by atoms with Gasteiger partial charge in [0.2, 0.25) is 10.0 Å². The molecule has 2 N–H and O–H groups in total. The Labute approximate surface area is 216 Å². The van der Waals surface area contributed by atoms with Gasteiger partial charge in [-0.25, -0.2) is 8.42 Å². The van der Waals surface area contributed by atoms with E-state index in [1.54, 1.807) is 24.3 Å². The summed E-state index contributed by atoms with van der Waals surface area (Å²) in [6, 6.07) is 11.9. The third-order valence-corrected chi connectivity index (χ3v) is 9.19. The second-order valence-corrected chi connectivity index (χ2v) is 11.6. The van der Waals surface area contributed by atoms with E-state index in [0.29, 0.717) is 31.0 Å². The first-order chi connectivity index (χ1) is 17.5. The average molecular weight is 507 g/mol. The lowest BCUT2D eigenvalue weighted by Crippen LogP contribution is -2.36. The Kier molecular flexibility index (Phi) is 8.90.